The maximum absolute atomic E-state index is 12.0. The summed E-state index contributed by atoms with van der Waals surface area (Å²) in [5, 5.41) is 2.66. The lowest BCUT2D eigenvalue weighted by Crippen LogP contribution is -2.11. The smallest absolute Gasteiger partial charge is 0.315 e. The molecule has 5 nitrogen and oxygen atoms in total. The first-order valence-electron chi connectivity index (χ1n) is 7.43. The van der Waals surface area contributed by atoms with E-state index in [1.807, 2.05) is 18.2 Å². The zero-order valence-corrected chi connectivity index (χ0v) is 12.8. The van der Waals surface area contributed by atoms with Crippen LogP contribution in [0.2, 0.25) is 0 Å². The Labute approximate surface area is 134 Å². The molecule has 0 spiro atoms. The molecule has 23 heavy (non-hydrogen) atoms. The summed E-state index contributed by atoms with van der Waals surface area (Å²) in [6.07, 6.45) is 1.09. The van der Waals surface area contributed by atoms with Gasteiger partial charge in [0.15, 0.2) is 0 Å². The van der Waals surface area contributed by atoms with Crippen molar-refractivity contribution in [2.24, 2.45) is 0 Å². The summed E-state index contributed by atoms with van der Waals surface area (Å²) in [4.78, 5) is 23.0. The molecule has 0 aromatic heterocycles. The number of rotatable bonds is 4. The summed E-state index contributed by atoms with van der Waals surface area (Å²) in [7, 11) is 0. The zero-order valence-electron chi connectivity index (χ0n) is 12.8. The number of nitrogens with one attached hydrogen (secondary N) is 1. The second-order valence-electron chi connectivity index (χ2n) is 5.40. The number of ether oxygens (including phenoxy) is 2. The maximum atomic E-state index is 12.0. The molecule has 2 aromatic carbocycles. The van der Waals surface area contributed by atoms with Gasteiger partial charge in [-0.15, -0.1) is 0 Å². The lowest BCUT2D eigenvalue weighted by molar-refractivity contribution is -0.133. The van der Waals surface area contributed by atoms with Crippen molar-refractivity contribution in [3.63, 3.8) is 0 Å². The molecule has 0 saturated heterocycles. The van der Waals surface area contributed by atoms with E-state index in [1.54, 1.807) is 24.3 Å². The molecule has 0 atom stereocenters. The van der Waals surface area contributed by atoms with Crippen LogP contribution in [0.3, 0.4) is 0 Å². The molecule has 1 aliphatic heterocycles. The molecule has 0 aliphatic carbocycles. The largest absolute Gasteiger partial charge is 0.493 e. The molecule has 5 heteroatoms. The second-order valence-corrected chi connectivity index (χ2v) is 5.40. The van der Waals surface area contributed by atoms with E-state index >= 15 is 0 Å². The van der Waals surface area contributed by atoms with Gasteiger partial charge in [0.25, 0.3) is 0 Å². The topological polar surface area (TPSA) is 64.6 Å². The molecule has 3 rings (SSSR count). The van der Waals surface area contributed by atoms with Crippen molar-refractivity contribution in [1.29, 1.82) is 0 Å². The Hall–Kier alpha value is -2.82. The zero-order chi connectivity index (χ0) is 16.2. The lowest BCUT2D eigenvalue weighted by Gasteiger charge is -2.07. The van der Waals surface area contributed by atoms with Gasteiger partial charge in [-0.05, 0) is 41.5 Å². The Morgan fingerprint density at radius 2 is 1.96 bits per heavy atom. The quantitative estimate of drug-likeness (QED) is 0.696. The number of esters is 1. The highest BCUT2D eigenvalue weighted by molar-refractivity contribution is 5.88. The Kier molecular flexibility index (Phi) is 4.28. The van der Waals surface area contributed by atoms with Gasteiger partial charge in [0.1, 0.15) is 11.5 Å². The number of carbonyl (C=O) groups is 2. The van der Waals surface area contributed by atoms with Crippen LogP contribution in [0.25, 0.3) is 0 Å². The highest BCUT2D eigenvalue weighted by atomic mass is 16.5. The molecule has 0 fully saturated rings. The monoisotopic (exact) mass is 311 g/mol. The van der Waals surface area contributed by atoms with Crippen LogP contribution in [0.4, 0.5) is 5.69 Å². The molecule has 1 amide bonds. The average molecular weight is 311 g/mol. The molecule has 118 valence electrons. The van der Waals surface area contributed by atoms with Crippen molar-refractivity contribution in [3.8, 4) is 11.5 Å². The minimum Gasteiger partial charge on any atom is -0.493 e. The van der Waals surface area contributed by atoms with Crippen molar-refractivity contribution in [3.05, 3.63) is 53.6 Å². The van der Waals surface area contributed by atoms with Crippen molar-refractivity contribution in [1.82, 2.24) is 0 Å². The van der Waals surface area contributed by atoms with Gasteiger partial charge in [0.2, 0.25) is 5.91 Å². The van der Waals surface area contributed by atoms with Crippen molar-refractivity contribution < 1.29 is 19.1 Å². The van der Waals surface area contributed by atoms with Crippen LogP contribution in [0.15, 0.2) is 42.5 Å². The van der Waals surface area contributed by atoms with Crippen molar-refractivity contribution >= 4 is 17.6 Å². The van der Waals surface area contributed by atoms with Crippen LogP contribution >= 0.6 is 0 Å². The lowest BCUT2D eigenvalue weighted by atomic mass is 10.1. The highest BCUT2D eigenvalue weighted by Gasteiger charge is 2.14. The standard InChI is InChI=1S/C18H17NO4/c1-12(20)19-15-3-5-16(6-4-15)23-18(21)11-13-2-7-17-14(10-13)8-9-22-17/h2-7,10H,8-9,11H2,1H3,(H,19,20). The maximum Gasteiger partial charge on any atom is 0.315 e. The van der Waals surface area contributed by atoms with E-state index in [1.165, 1.54) is 6.92 Å². The molecule has 0 radical (unpaired) electrons. The van der Waals surface area contributed by atoms with E-state index in [0.717, 1.165) is 23.3 Å². The first-order chi connectivity index (χ1) is 11.1. The molecule has 0 unspecified atom stereocenters. The first kappa shape index (κ1) is 15.1. The van der Waals surface area contributed by atoms with Crippen LogP contribution in [0.1, 0.15) is 18.1 Å². The Morgan fingerprint density at radius 1 is 1.17 bits per heavy atom. The predicted molar refractivity (Wildman–Crippen MR) is 85.7 cm³/mol. The van der Waals surface area contributed by atoms with E-state index in [-0.39, 0.29) is 18.3 Å². The van der Waals surface area contributed by atoms with E-state index < -0.39 is 0 Å². The minimum atomic E-state index is -0.323. The number of benzene rings is 2. The normalized spacial score (nSPS) is 12.2. The fraction of sp³-hybridized carbons (Fsp3) is 0.222. The summed E-state index contributed by atoms with van der Waals surface area (Å²) in [5.74, 6) is 0.885. The van der Waals surface area contributed by atoms with Crippen molar-refractivity contribution in [2.45, 2.75) is 19.8 Å². The summed E-state index contributed by atoms with van der Waals surface area (Å²) in [5.41, 5.74) is 2.71. The van der Waals surface area contributed by atoms with E-state index in [9.17, 15) is 9.59 Å². The molecular formula is C18H17NO4. The molecular weight excluding hydrogens is 294 g/mol. The molecule has 1 N–H and O–H groups in total. The van der Waals surface area contributed by atoms with E-state index in [2.05, 4.69) is 5.32 Å². The second kappa shape index (κ2) is 6.52. The van der Waals surface area contributed by atoms with Gasteiger partial charge in [0.05, 0.1) is 13.0 Å². The van der Waals surface area contributed by atoms with Crippen LogP contribution in [0, 0.1) is 0 Å². The molecule has 1 aliphatic rings. The third-order valence-corrected chi connectivity index (χ3v) is 3.51. The Balaban J connectivity index is 1.59. The van der Waals surface area contributed by atoms with Gasteiger partial charge in [0, 0.05) is 19.0 Å². The number of carbonyl (C=O) groups excluding carboxylic acids is 2. The summed E-state index contributed by atoms with van der Waals surface area (Å²) >= 11 is 0. The Bertz CT molecular complexity index is 737. The van der Waals surface area contributed by atoms with Crippen LogP contribution < -0.4 is 14.8 Å². The summed E-state index contributed by atoms with van der Waals surface area (Å²) in [6, 6.07) is 12.5. The van der Waals surface area contributed by atoms with Gasteiger partial charge in [-0.25, -0.2) is 0 Å². The van der Waals surface area contributed by atoms with Gasteiger partial charge in [-0.2, -0.15) is 0 Å². The molecule has 1 heterocycles. The van der Waals surface area contributed by atoms with Crippen LogP contribution in [-0.4, -0.2) is 18.5 Å². The highest BCUT2D eigenvalue weighted by Crippen LogP contribution is 2.26. The number of fused-ring (bicyclic) bond motifs is 1. The van der Waals surface area contributed by atoms with Gasteiger partial charge in [-0.1, -0.05) is 12.1 Å². The van der Waals surface area contributed by atoms with Crippen LogP contribution in [0.5, 0.6) is 11.5 Å². The fourth-order valence-corrected chi connectivity index (χ4v) is 2.49. The third-order valence-electron chi connectivity index (χ3n) is 3.51. The van der Waals surface area contributed by atoms with Gasteiger partial charge in [-0.3, -0.25) is 9.59 Å². The van der Waals surface area contributed by atoms with Gasteiger partial charge < -0.3 is 14.8 Å². The summed E-state index contributed by atoms with van der Waals surface area (Å²) < 4.78 is 10.8. The molecule has 0 saturated carbocycles. The summed E-state index contributed by atoms with van der Waals surface area (Å²) in [6.45, 7) is 2.14. The van der Waals surface area contributed by atoms with Crippen LogP contribution in [-0.2, 0) is 22.4 Å². The first-order valence-corrected chi connectivity index (χ1v) is 7.43. The number of anilines is 1. The van der Waals surface area contributed by atoms with E-state index in [4.69, 9.17) is 9.47 Å². The Morgan fingerprint density at radius 3 is 2.70 bits per heavy atom. The van der Waals surface area contributed by atoms with Crippen molar-refractivity contribution in [2.75, 3.05) is 11.9 Å². The van der Waals surface area contributed by atoms with Gasteiger partial charge >= 0.3 is 5.97 Å². The SMILES string of the molecule is CC(=O)Nc1ccc(OC(=O)Cc2ccc3c(c2)CCO3)cc1. The number of amides is 1. The molecule has 0 bridgehead atoms. The number of hydrogen-bond donors (Lipinski definition) is 1. The van der Waals surface area contributed by atoms with E-state index in [0.29, 0.717) is 18.0 Å². The third kappa shape index (κ3) is 3.88. The number of hydrogen-bond acceptors (Lipinski definition) is 4. The molecule has 2 aromatic rings. The predicted octanol–water partition coefficient (Wildman–Crippen LogP) is 2.73. The average Bonchev–Trinajstić information content (AvgIpc) is 2.96. The minimum absolute atomic E-state index is 0.143. The fourth-order valence-electron chi connectivity index (χ4n) is 2.49.